The fourth-order valence-corrected chi connectivity index (χ4v) is 9.30. The second-order valence-corrected chi connectivity index (χ2v) is 14.8. The summed E-state index contributed by atoms with van der Waals surface area (Å²) < 4.78 is 0. The number of benzene rings is 6. The van der Waals surface area contributed by atoms with Crippen molar-refractivity contribution in [2.45, 2.75) is 30.7 Å². The monoisotopic (exact) mass is 716 g/mol. The topological polar surface area (TPSA) is 35.8 Å². The highest BCUT2D eigenvalue weighted by Gasteiger charge is 2.55. The summed E-state index contributed by atoms with van der Waals surface area (Å²) >= 11 is 0. The highest BCUT2D eigenvalue weighted by Crippen LogP contribution is 2.63. The van der Waals surface area contributed by atoms with Crippen molar-refractivity contribution in [1.29, 1.82) is 5.26 Å². The molecule has 56 heavy (non-hydrogen) atoms. The van der Waals surface area contributed by atoms with Gasteiger partial charge in [0.2, 0.25) is 0 Å². The van der Waals surface area contributed by atoms with Gasteiger partial charge < -0.3 is 5.32 Å². The summed E-state index contributed by atoms with van der Waals surface area (Å²) in [4.78, 5) is 0. The number of hydrogen-bond donors (Lipinski definition) is 1. The van der Waals surface area contributed by atoms with Gasteiger partial charge in [-0.25, -0.2) is 0 Å². The first-order chi connectivity index (χ1) is 27.6. The Bertz CT molecular complexity index is 2790. The minimum absolute atomic E-state index is 0.00265. The molecule has 6 aromatic rings. The molecule has 4 aliphatic carbocycles. The lowest BCUT2D eigenvalue weighted by molar-refractivity contribution is 0.563. The van der Waals surface area contributed by atoms with Crippen molar-refractivity contribution >= 4 is 22.0 Å². The first-order valence-corrected chi connectivity index (χ1v) is 19.2. The molecule has 0 amide bonds. The first kappa shape index (κ1) is 34.6. The Morgan fingerprint density at radius 3 is 2.29 bits per heavy atom. The number of nitriles is 1. The summed E-state index contributed by atoms with van der Waals surface area (Å²) in [6.07, 6.45) is 29.1. The van der Waals surface area contributed by atoms with Gasteiger partial charge in [0.05, 0.1) is 23.1 Å². The summed E-state index contributed by atoms with van der Waals surface area (Å²) in [6, 6.07) is 49.0. The number of terminal acetylenes is 1. The third kappa shape index (κ3) is 5.59. The van der Waals surface area contributed by atoms with Gasteiger partial charge in [-0.2, -0.15) is 5.26 Å². The molecule has 1 N–H and O–H groups in total. The van der Waals surface area contributed by atoms with Gasteiger partial charge in [-0.3, -0.25) is 0 Å². The van der Waals surface area contributed by atoms with Crippen molar-refractivity contribution in [2.75, 3.05) is 5.32 Å². The fraction of sp³-hybridized carbons (Fsp3) is 0.0926. The molecule has 10 rings (SSSR count). The van der Waals surface area contributed by atoms with Crippen LogP contribution in [-0.4, -0.2) is 6.04 Å². The summed E-state index contributed by atoms with van der Waals surface area (Å²) in [5.41, 5.74) is 16.6. The van der Waals surface area contributed by atoms with Crippen molar-refractivity contribution in [3.8, 4) is 41.2 Å². The fourth-order valence-electron chi connectivity index (χ4n) is 9.30. The van der Waals surface area contributed by atoms with E-state index in [1.165, 1.54) is 77.6 Å². The molecule has 1 spiro atoms. The predicted molar refractivity (Wildman–Crippen MR) is 234 cm³/mol. The maximum Gasteiger partial charge on any atom is 0.0991 e. The summed E-state index contributed by atoms with van der Waals surface area (Å²) in [7, 11) is 0. The average Bonchev–Trinajstić information content (AvgIpc) is 3.55. The molecular weight excluding hydrogens is 677 g/mol. The number of allylic oxidation sites excluding steroid dienone is 10. The van der Waals surface area contributed by atoms with Crippen molar-refractivity contribution in [1.82, 2.24) is 0 Å². The van der Waals surface area contributed by atoms with Gasteiger partial charge in [0.1, 0.15) is 0 Å². The standard InChI is InChI=1S/C52H38N2.C2H2/c1-34(18-19-35-10-3-2-4-11-35)38-24-28-44-45-29-25-41(40-23-22-37-12-5-6-13-39(37)30-40)32-50(45)52(49(44)31-38)47-16-8-7-14-43(47)46-15-9-17-48(52)51(46)54-42-26-20-36(33-53)21-27-42;1-2/h2-10,12-32,46,51,54H,11H2,1H3;1-2H/b34-18+,35-19-;. The molecule has 0 saturated carbocycles. The zero-order valence-corrected chi connectivity index (χ0v) is 31.3. The molecule has 0 aromatic heterocycles. The van der Waals surface area contributed by atoms with E-state index < -0.39 is 5.41 Å². The molecule has 3 atom stereocenters. The maximum atomic E-state index is 9.53. The number of anilines is 1. The van der Waals surface area contributed by atoms with Crippen molar-refractivity contribution in [2.24, 2.45) is 0 Å². The van der Waals surface area contributed by atoms with Gasteiger partial charge in [0.25, 0.3) is 0 Å². The molecule has 4 aliphatic rings. The molecule has 266 valence electrons. The van der Waals surface area contributed by atoms with Gasteiger partial charge in [0, 0.05) is 11.6 Å². The maximum absolute atomic E-state index is 9.53. The van der Waals surface area contributed by atoms with E-state index >= 15 is 0 Å². The normalized spacial score (nSPS) is 20.4. The largest absolute Gasteiger partial charge is 0.378 e. The molecule has 2 nitrogen and oxygen atoms in total. The SMILES string of the molecule is C#C.C/C(=C\C=C1\C=CC=CC1)c1ccc2c(c1)C1(C3=CC=CC(c4ccccc41)C3Nc1ccc(C#N)cc1)c1cc(-c3ccc4ccccc4c3)ccc1-2. The smallest absolute Gasteiger partial charge is 0.0991 e. The Hall–Kier alpha value is -7.13. The summed E-state index contributed by atoms with van der Waals surface area (Å²) in [5, 5.41) is 16.0. The number of hydrogen-bond acceptors (Lipinski definition) is 2. The van der Waals surface area contributed by atoms with Crippen LogP contribution in [0.1, 0.15) is 52.6 Å². The number of nitrogens with one attached hydrogen (secondary N) is 1. The van der Waals surface area contributed by atoms with E-state index in [0.717, 1.165) is 12.1 Å². The van der Waals surface area contributed by atoms with E-state index in [9.17, 15) is 5.26 Å². The van der Waals surface area contributed by atoms with Crippen LogP contribution in [-0.2, 0) is 5.41 Å². The van der Waals surface area contributed by atoms with E-state index in [0.29, 0.717) is 5.56 Å². The summed E-state index contributed by atoms with van der Waals surface area (Å²) in [6.45, 7) is 2.23. The van der Waals surface area contributed by atoms with Crippen LogP contribution in [0.3, 0.4) is 0 Å². The van der Waals surface area contributed by atoms with Gasteiger partial charge in [-0.05, 0) is 133 Å². The van der Waals surface area contributed by atoms with Crippen LogP contribution in [0.4, 0.5) is 5.69 Å². The van der Waals surface area contributed by atoms with E-state index in [1.807, 2.05) is 24.3 Å². The van der Waals surface area contributed by atoms with Crippen LogP contribution in [0.15, 0.2) is 193 Å². The highest BCUT2D eigenvalue weighted by molar-refractivity contribution is 5.93. The van der Waals surface area contributed by atoms with Crippen molar-refractivity contribution in [3.05, 3.63) is 227 Å². The van der Waals surface area contributed by atoms with Crippen LogP contribution in [0.5, 0.6) is 0 Å². The van der Waals surface area contributed by atoms with Crippen LogP contribution in [0.25, 0.3) is 38.6 Å². The summed E-state index contributed by atoms with van der Waals surface area (Å²) in [5.74, 6) is 0.146. The van der Waals surface area contributed by atoms with Crippen LogP contribution >= 0.6 is 0 Å². The lowest BCUT2D eigenvalue weighted by atomic mass is 9.56. The molecule has 0 fully saturated rings. The Labute approximate surface area is 329 Å². The quantitative estimate of drug-likeness (QED) is 0.180. The van der Waals surface area contributed by atoms with Gasteiger partial charge in [-0.15, -0.1) is 12.8 Å². The molecule has 0 radical (unpaired) electrons. The van der Waals surface area contributed by atoms with E-state index in [2.05, 4.69) is 189 Å². The molecule has 6 aromatic carbocycles. The molecule has 0 aliphatic heterocycles. The predicted octanol–water partition coefficient (Wildman–Crippen LogP) is 12.9. The Morgan fingerprint density at radius 2 is 1.48 bits per heavy atom. The first-order valence-electron chi connectivity index (χ1n) is 19.2. The van der Waals surface area contributed by atoms with Gasteiger partial charge in [0.15, 0.2) is 0 Å². The van der Waals surface area contributed by atoms with Gasteiger partial charge >= 0.3 is 0 Å². The molecule has 3 unspecified atom stereocenters. The van der Waals surface area contributed by atoms with E-state index in [-0.39, 0.29) is 12.0 Å². The van der Waals surface area contributed by atoms with Crippen LogP contribution < -0.4 is 5.32 Å². The number of rotatable bonds is 5. The Balaban J connectivity index is 0.00000202. The second kappa shape index (κ2) is 14.3. The zero-order chi connectivity index (χ0) is 38.2. The third-order valence-corrected chi connectivity index (χ3v) is 11.9. The van der Waals surface area contributed by atoms with Crippen LogP contribution in [0, 0.1) is 24.2 Å². The number of nitrogens with zero attached hydrogens (tertiary/aromatic N) is 1. The Morgan fingerprint density at radius 1 is 0.750 bits per heavy atom. The van der Waals surface area contributed by atoms with Crippen molar-refractivity contribution in [3.63, 3.8) is 0 Å². The minimum Gasteiger partial charge on any atom is -0.378 e. The molecule has 2 bridgehead atoms. The Kier molecular flexibility index (Phi) is 8.82. The number of fused-ring (bicyclic) bond motifs is 12. The zero-order valence-electron chi connectivity index (χ0n) is 31.3. The molecular formula is C54H40N2. The van der Waals surface area contributed by atoms with Crippen LogP contribution in [0.2, 0.25) is 0 Å². The lowest BCUT2D eigenvalue weighted by Gasteiger charge is -2.49. The van der Waals surface area contributed by atoms with E-state index in [4.69, 9.17) is 0 Å². The molecule has 2 heteroatoms. The third-order valence-electron chi connectivity index (χ3n) is 11.9. The highest BCUT2D eigenvalue weighted by atomic mass is 14.9. The van der Waals surface area contributed by atoms with Crippen molar-refractivity contribution < 1.29 is 0 Å². The lowest BCUT2D eigenvalue weighted by Crippen LogP contribution is -2.47. The van der Waals surface area contributed by atoms with E-state index in [1.54, 1.807) is 0 Å². The molecule has 0 heterocycles. The average molecular weight is 717 g/mol. The molecule has 0 saturated heterocycles. The second-order valence-electron chi connectivity index (χ2n) is 14.8. The van der Waals surface area contributed by atoms with Gasteiger partial charge in [-0.1, -0.05) is 140 Å². The minimum atomic E-state index is -0.536.